The van der Waals surface area contributed by atoms with Gasteiger partial charge in [0.05, 0.1) is 11.4 Å². The van der Waals surface area contributed by atoms with Gasteiger partial charge in [-0.15, -0.1) is 0 Å². The maximum absolute atomic E-state index is 12.5. The standard InChI is InChI=1S/C18H16ClN3O3S/c1-13-2-7-17(20-10-13)18(23)21-16-8-9-22(11-16)26(24,25)12-14-3-5-15(19)6-4-14/h2-11H,12H2,1H3,(H,21,23). The molecule has 2 heterocycles. The van der Waals surface area contributed by atoms with Crippen LogP contribution in [0.25, 0.3) is 0 Å². The van der Waals surface area contributed by atoms with Gasteiger partial charge in [0.2, 0.25) is 10.0 Å². The Morgan fingerprint density at radius 2 is 1.88 bits per heavy atom. The number of rotatable bonds is 5. The van der Waals surface area contributed by atoms with Crippen LogP contribution in [0.5, 0.6) is 0 Å². The molecule has 3 aromatic rings. The maximum Gasteiger partial charge on any atom is 0.274 e. The van der Waals surface area contributed by atoms with Crippen LogP contribution in [-0.4, -0.2) is 23.3 Å². The van der Waals surface area contributed by atoms with E-state index in [0.717, 1.165) is 9.54 Å². The third-order valence-electron chi connectivity index (χ3n) is 3.65. The summed E-state index contributed by atoms with van der Waals surface area (Å²) in [5, 5.41) is 3.18. The second-order valence-electron chi connectivity index (χ2n) is 5.79. The van der Waals surface area contributed by atoms with E-state index in [2.05, 4.69) is 10.3 Å². The molecule has 0 radical (unpaired) electrons. The zero-order valence-corrected chi connectivity index (χ0v) is 15.5. The van der Waals surface area contributed by atoms with E-state index < -0.39 is 15.9 Å². The highest BCUT2D eigenvalue weighted by Gasteiger charge is 2.16. The number of nitrogens with one attached hydrogen (secondary N) is 1. The molecule has 0 fully saturated rings. The average molecular weight is 390 g/mol. The Morgan fingerprint density at radius 3 is 2.54 bits per heavy atom. The molecule has 26 heavy (non-hydrogen) atoms. The Hall–Kier alpha value is -2.64. The van der Waals surface area contributed by atoms with Crippen molar-refractivity contribution >= 4 is 33.2 Å². The summed E-state index contributed by atoms with van der Waals surface area (Å²) in [4.78, 5) is 16.2. The van der Waals surface area contributed by atoms with E-state index in [1.807, 2.05) is 6.92 Å². The predicted octanol–water partition coefficient (Wildman–Crippen LogP) is 3.48. The molecule has 0 bridgehead atoms. The summed E-state index contributed by atoms with van der Waals surface area (Å²) in [6, 6.07) is 11.5. The second-order valence-corrected chi connectivity index (χ2v) is 8.10. The molecule has 6 nitrogen and oxygen atoms in total. The molecule has 1 aromatic carbocycles. The maximum atomic E-state index is 12.5. The molecule has 0 saturated carbocycles. The number of amides is 1. The van der Waals surface area contributed by atoms with E-state index >= 15 is 0 Å². The first-order valence-corrected chi connectivity index (χ1v) is 9.72. The first-order chi connectivity index (χ1) is 12.3. The number of benzene rings is 1. The van der Waals surface area contributed by atoms with Gasteiger partial charge in [0.15, 0.2) is 0 Å². The van der Waals surface area contributed by atoms with E-state index in [4.69, 9.17) is 11.6 Å². The summed E-state index contributed by atoms with van der Waals surface area (Å²) in [7, 11) is -3.60. The van der Waals surface area contributed by atoms with Gasteiger partial charge in [0.1, 0.15) is 5.69 Å². The smallest absolute Gasteiger partial charge is 0.274 e. The normalized spacial score (nSPS) is 11.3. The summed E-state index contributed by atoms with van der Waals surface area (Å²) in [5.74, 6) is -0.580. The number of nitrogens with zero attached hydrogens (tertiary/aromatic N) is 2. The molecule has 1 N–H and O–H groups in total. The molecular weight excluding hydrogens is 374 g/mol. The monoisotopic (exact) mass is 389 g/mol. The largest absolute Gasteiger partial charge is 0.319 e. The minimum absolute atomic E-state index is 0.175. The zero-order chi connectivity index (χ0) is 18.7. The van der Waals surface area contributed by atoms with Crippen molar-refractivity contribution in [3.63, 3.8) is 0 Å². The quantitative estimate of drug-likeness (QED) is 0.724. The minimum atomic E-state index is -3.60. The molecule has 0 aliphatic heterocycles. The van der Waals surface area contributed by atoms with Crippen molar-refractivity contribution < 1.29 is 13.2 Å². The second kappa shape index (κ2) is 7.31. The highest BCUT2D eigenvalue weighted by atomic mass is 35.5. The number of aryl methyl sites for hydroxylation is 1. The Balaban J connectivity index is 1.73. The lowest BCUT2D eigenvalue weighted by atomic mass is 10.2. The molecule has 134 valence electrons. The summed E-state index contributed by atoms with van der Waals surface area (Å²) >= 11 is 5.81. The van der Waals surface area contributed by atoms with Crippen LogP contribution < -0.4 is 5.32 Å². The van der Waals surface area contributed by atoms with Crippen molar-refractivity contribution in [2.24, 2.45) is 0 Å². The van der Waals surface area contributed by atoms with E-state index in [0.29, 0.717) is 16.3 Å². The topological polar surface area (TPSA) is 81.1 Å². The van der Waals surface area contributed by atoms with Gasteiger partial charge in [-0.1, -0.05) is 29.8 Å². The minimum Gasteiger partial charge on any atom is -0.319 e. The van der Waals surface area contributed by atoms with Crippen LogP contribution in [-0.2, 0) is 15.8 Å². The number of hydrogen-bond acceptors (Lipinski definition) is 4. The number of halogens is 1. The summed E-state index contributed by atoms with van der Waals surface area (Å²) in [5.41, 5.74) is 2.20. The first-order valence-electron chi connectivity index (χ1n) is 7.73. The van der Waals surface area contributed by atoms with Crippen LogP contribution in [0.15, 0.2) is 61.1 Å². The Kier molecular flexibility index (Phi) is 5.11. The van der Waals surface area contributed by atoms with Crippen molar-refractivity contribution in [3.8, 4) is 0 Å². The van der Waals surface area contributed by atoms with Crippen LogP contribution in [0.1, 0.15) is 21.6 Å². The van der Waals surface area contributed by atoms with Gasteiger partial charge in [-0.3, -0.25) is 13.8 Å². The van der Waals surface area contributed by atoms with Crippen molar-refractivity contribution in [3.05, 3.63) is 82.9 Å². The fraction of sp³-hybridized carbons (Fsp3) is 0.111. The van der Waals surface area contributed by atoms with Gasteiger partial charge >= 0.3 is 0 Å². The van der Waals surface area contributed by atoms with E-state index in [9.17, 15) is 13.2 Å². The molecule has 0 spiro atoms. The third-order valence-corrected chi connectivity index (χ3v) is 5.47. The van der Waals surface area contributed by atoms with Crippen molar-refractivity contribution in [1.82, 2.24) is 8.96 Å². The lowest BCUT2D eigenvalue weighted by Crippen LogP contribution is -2.15. The summed E-state index contributed by atoms with van der Waals surface area (Å²) < 4.78 is 26.1. The third kappa shape index (κ3) is 4.30. The Morgan fingerprint density at radius 1 is 1.15 bits per heavy atom. The van der Waals surface area contributed by atoms with E-state index in [1.165, 1.54) is 18.5 Å². The van der Waals surface area contributed by atoms with E-state index in [1.54, 1.807) is 42.6 Å². The molecule has 0 aliphatic carbocycles. The summed E-state index contributed by atoms with van der Waals surface area (Å²) in [6.45, 7) is 1.88. The van der Waals surface area contributed by atoms with Crippen molar-refractivity contribution in [2.75, 3.05) is 5.32 Å². The zero-order valence-electron chi connectivity index (χ0n) is 13.9. The van der Waals surface area contributed by atoms with E-state index in [-0.39, 0.29) is 11.4 Å². The highest BCUT2D eigenvalue weighted by molar-refractivity contribution is 7.89. The SMILES string of the molecule is Cc1ccc(C(=O)Nc2ccn(S(=O)(=O)Cc3ccc(Cl)cc3)c2)nc1. The Bertz CT molecular complexity index is 1030. The van der Waals surface area contributed by atoms with Crippen LogP contribution in [0, 0.1) is 6.92 Å². The van der Waals surface area contributed by atoms with Crippen LogP contribution in [0.3, 0.4) is 0 Å². The van der Waals surface area contributed by atoms with Gasteiger partial charge in [-0.25, -0.2) is 8.42 Å². The average Bonchev–Trinajstić information content (AvgIpc) is 3.07. The number of pyridine rings is 1. The fourth-order valence-corrected chi connectivity index (χ4v) is 3.70. The lowest BCUT2D eigenvalue weighted by Gasteiger charge is -2.06. The van der Waals surface area contributed by atoms with Crippen LogP contribution in [0.4, 0.5) is 5.69 Å². The molecule has 1 amide bonds. The molecule has 2 aromatic heterocycles. The molecule has 8 heteroatoms. The van der Waals surface area contributed by atoms with Crippen molar-refractivity contribution in [1.29, 1.82) is 0 Å². The van der Waals surface area contributed by atoms with Gasteiger partial charge in [0.25, 0.3) is 5.91 Å². The number of hydrogen-bond donors (Lipinski definition) is 1. The molecule has 0 aliphatic rings. The van der Waals surface area contributed by atoms with Gasteiger partial charge in [0, 0.05) is 23.6 Å². The van der Waals surface area contributed by atoms with Gasteiger partial charge in [-0.05, 0) is 42.3 Å². The van der Waals surface area contributed by atoms with Gasteiger partial charge in [-0.2, -0.15) is 0 Å². The fourth-order valence-electron chi connectivity index (χ4n) is 2.29. The number of aromatic nitrogens is 2. The molecule has 3 rings (SSSR count). The van der Waals surface area contributed by atoms with Gasteiger partial charge < -0.3 is 5.32 Å². The number of carbonyl (C=O) groups excluding carboxylic acids is 1. The summed E-state index contributed by atoms with van der Waals surface area (Å²) in [6.07, 6.45) is 4.34. The molecule has 0 unspecified atom stereocenters. The first kappa shape index (κ1) is 18.2. The number of anilines is 1. The van der Waals surface area contributed by atoms with Crippen LogP contribution >= 0.6 is 11.6 Å². The predicted molar refractivity (Wildman–Crippen MR) is 101 cm³/mol. The Labute approximate surface area is 156 Å². The molecule has 0 saturated heterocycles. The highest BCUT2D eigenvalue weighted by Crippen LogP contribution is 2.16. The van der Waals surface area contributed by atoms with Crippen molar-refractivity contribution in [2.45, 2.75) is 12.7 Å². The lowest BCUT2D eigenvalue weighted by molar-refractivity contribution is 0.102. The van der Waals surface area contributed by atoms with Crippen LogP contribution in [0.2, 0.25) is 5.02 Å². The molecular formula is C18H16ClN3O3S. The number of carbonyl (C=O) groups is 1. The molecule has 0 atom stereocenters.